The van der Waals surface area contributed by atoms with Crippen molar-refractivity contribution in [2.24, 2.45) is 11.3 Å². The van der Waals surface area contributed by atoms with Gasteiger partial charge in [-0.2, -0.15) is 0 Å². The smallest absolute Gasteiger partial charge is 0.315 e. The number of amides is 2. The van der Waals surface area contributed by atoms with Crippen LogP contribution >= 0.6 is 0 Å². The minimum atomic E-state index is -0.937. The van der Waals surface area contributed by atoms with Crippen LogP contribution in [-0.4, -0.2) is 29.7 Å². The van der Waals surface area contributed by atoms with Crippen molar-refractivity contribution in [2.45, 2.75) is 52.5 Å². The number of nitrogens with one attached hydrogen (secondary N) is 2. The maximum absolute atomic E-state index is 11.7. The summed E-state index contributed by atoms with van der Waals surface area (Å²) in [5.41, 5.74) is -0.937. The maximum atomic E-state index is 11.7. The van der Waals surface area contributed by atoms with E-state index in [0.717, 1.165) is 0 Å². The van der Waals surface area contributed by atoms with Crippen molar-refractivity contribution in [3.63, 3.8) is 0 Å². The van der Waals surface area contributed by atoms with E-state index in [9.17, 15) is 9.59 Å². The Balaban J connectivity index is 2.31. The second-order valence-corrected chi connectivity index (χ2v) is 5.85. The molecule has 0 heterocycles. The van der Waals surface area contributed by atoms with Crippen LogP contribution < -0.4 is 10.6 Å². The van der Waals surface area contributed by atoms with E-state index in [-0.39, 0.29) is 18.6 Å². The fourth-order valence-corrected chi connectivity index (χ4v) is 2.21. The predicted octanol–water partition coefficient (Wildman–Crippen LogP) is 1.98. The summed E-state index contributed by atoms with van der Waals surface area (Å²) in [6.45, 7) is 5.33. The van der Waals surface area contributed by atoms with Crippen LogP contribution in [0.1, 0.15) is 46.5 Å². The van der Waals surface area contributed by atoms with Crippen molar-refractivity contribution in [1.82, 2.24) is 10.6 Å². The van der Waals surface area contributed by atoms with Gasteiger partial charge in [-0.15, -0.1) is 0 Å². The number of carbonyl (C=O) groups is 2. The number of hydrogen-bond donors (Lipinski definition) is 3. The van der Waals surface area contributed by atoms with Crippen molar-refractivity contribution < 1.29 is 14.7 Å². The maximum Gasteiger partial charge on any atom is 0.315 e. The number of aliphatic carboxylic acids is 1. The van der Waals surface area contributed by atoms with Crippen LogP contribution in [0.5, 0.6) is 0 Å². The molecule has 0 aliphatic heterocycles. The Morgan fingerprint density at radius 1 is 1.33 bits per heavy atom. The topological polar surface area (TPSA) is 78.4 Å². The largest absolute Gasteiger partial charge is 0.481 e. The number of carboxylic acids is 1. The molecule has 5 nitrogen and oxygen atoms in total. The molecular formula is C13H24N2O3. The van der Waals surface area contributed by atoms with E-state index in [2.05, 4.69) is 10.6 Å². The van der Waals surface area contributed by atoms with Gasteiger partial charge in [0.05, 0.1) is 5.41 Å². The third kappa shape index (κ3) is 4.20. The van der Waals surface area contributed by atoms with Gasteiger partial charge in [0.25, 0.3) is 0 Å². The summed E-state index contributed by atoms with van der Waals surface area (Å²) in [7, 11) is 0. The molecule has 1 aliphatic rings. The monoisotopic (exact) mass is 256 g/mol. The first-order chi connectivity index (χ1) is 8.33. The second-order valence-electron chi connectivity index (χ2n) is 5.85. The lowest BCUT2D eigenvalue weighted by atomic mass is 9.94. The summed E-state index contributed by atoms with van der Waals surface area (Å²) in [6.07, 6.45) is 4.82. The highest BCUT2D eigenvalue weighted by Gasteiger charge is 2.28. The minimum absolute atomic E-state index is 0.131. The van der Waals surface area contributed by atoms with E-state index in [4.69, 9.17) is 5.11 Å². The van der Waals surface area contributed by atoms with Gasteiger partial charge in [-0.05, 0) is 39.5 Å². The first-order valence-corrected chi connectivity index (χ1v) is 6.60. The molecule has 5 heteroatoms. The van der Waals surface area contributed by atoms with E-state index in [1.54, 1.807) is 13.8 Å². The first-order valence-electron chi connectivity index (χ1n) is 6.60. The van der Waals surface area contributed by atoms with E-state index >= 15 is 0 Å². The zero-order chi connectivity index (χ0) is 13.8. The lowest BCUT2D eigenvalue weighted by Gasteiger charge is -2.23. The summed E-state index contributed by atoms with van der Waals surface area (Å²) in [5.74, 6) is -0.352. The van der Waals surface area contributed by atoms with Gasteiger partial charge in [-0.1, -0.05) is 12.8 Å². The Hall–Kier alpha value is -1.26. The van der Waals surface area contributed by atoms with Crippen molar-refractivity contribution >= 4 is 12.0 Å². The molecule has 1 aliphatic carbocycles. The van der Waals surface area contributed by atoms with Gasteiger partial charge in [-0.3, -0.25) is 4.79 Å². The van der Waals surface area contributed by atoms with E-state index in [0.29, 0.717) is 5.92 Å². The van der Waals surface area contributed by atoms with Gasteiger partial charge in [0.15, 0.2) is 0 Å². The molecule has 0 radical (unpaired) electrons. The molecule has 0 spiro atoms. The molecule has 0 bridgehead atoms. The number of rotatable bonds is 5. The van der Waals surface area contributed by atoms with Crippen LogP contribution in [0.25, 0.3) is 0 Å². The summed E-state index contributed by atoms with van der Waals surface area (Å²) in [6, 6.07) is -0.121. The third-order valence-electron chi connectivity index (χ3n) is 3.74. The molecule has 1 unspecified atom stereocenters. The van der Waals surface area contributed by atoms with E-state index in [1.807, 2.05) is 6.92 Å². The Morgan fingerprint density at radius 2 is 1.89 bits per heavy atom. The summed E-state index contributed by atoms with van der Waals surface area (Å²) in [5, 5.41) is 14.5. The summed E-state index contributed by atoms with van der Waals surface area (Å²) in [4.78, 5) is 22.6. The molecule has 1 atom stereocenters. The number of hydrogen-bond acceptors (Lipinski definition) is 2. The van der Waals surface area contributed by atoms with Crippen molar-refractivity contribution in [3.05, 3.63) is 0 Å². The van der Waals surface area contributed by atoms with Gasteiger partial charge in [0.2, 0.25) is 0 Å². The average molecular weight is 256 g/mol. The molecule has 0 saturated heterocycles. The number of carbonyl (C=O) groups excluding carboxylic acids is 1. The molecule has 18 heavy (non-hydrogen) atoms. The van der Waals surface area contributed by atoms with Crippen LogP contribution in [0.2, 0.25) is 0 Å². The molecular weight excluding hydrogens is 232 g/mol. The van der Waals surface area contributed by atoms with Gasteiger partial charge in [0, 0.05) is 12.6 Å². The highest BCUT2D eigenvalue weighted by Crippen LogP contribution is 2.27. The highest BCUT2D eigenvalue weighted by molar-refractivity contribution is 5.77. The summed E-state index contributed by atoms with van der Waals surface area (Å²) >= 11 is 0. The molecule has 2 amide bonds. The zero-order valence-electron chi connectivity index (χ0n) is 11.5. The van der Waals surface area contributed by atoms with Crippen molar-refractivity contribution in [3.8, 4) is 0 Å². The molecule has 0 aromatic rings. The lowest BCUT2D eigenvalue weighted by molar-refractivity contribution is -0.146. The van der Waals surface area contributed by atoms with E-state index < -0.39 is 11.4 Å². The molecule has 1 fully saturated rings. The third-order valence-corrected chi connectivity index (χ3v) is 3.74. The SMILES string of the molecule is CC(NC(=O)NCC(C)(C)C(=O)O)C1CCCC1. The molecule has 1 rings (SSSR count). The minimum Gasteiger partial charge on any atom is -0.481 e. The standard InChI is InChI=1S/C13H24N2O3/c1-9(10-6-4-5-7-10)15-12(18)14-8-13(2,3)11(16)17/h9-10H,4-8H2,1-3H3,(H,16,17)(H2,14,15,18). The van der Waals surface area contributed by atoms with Gasteiger partial charge >= 0.3 is 12.0 Å². The van der Waals surface area contributed by atoms with Gasteiger partial charge < -0.3 is 15.7 Å². The molecule has 3 N–H and O–H groups in total. The average Bonchev–Trinajstić information content (AvgIpc) is 2.79. The fourth-order valence-electron chi connectivity index (χ4n) is 2.21. The Morgan fingerprint density at radius 3 is 2.39 bits per heavy atom. The van der Waals surface area contributed by atoms with Gasteiger partial charge in [0.1, 0.15) is 0 Å². The van der Waals surface area contributed by atoms with Crippen LogP contribution in [0.4, 0.5) is 4.79 Å². The Labute approximate surface area is 108 Å². The van der Waals surface area contributed by atoms with Crippen molar-refractivity contribution in [2.75, 3.05) is 6.54 Å². The Kier molecular flexibility index (Phi) is 4.99. The lowest BCUT2D eigenvalue weighted by Crippen LogP contribution is -2.47. The predicted molar refractivity (Wildman–Crippen MR) is 69.4 cm³/mol. The fraction of sp³-hybridized carbons (Fsp3) is 0.846. The normalized spacial score (nSPS) is 18.4. The van der Waals surface area contributed by atoms with Crippen LogP contribution in [0, 0.1) is 11.3 Å². The first kappa shape index (κ1) is 14.8. The van der Waals surface area contributed by atoms with Crippen molar-refractivity contribution in [1.29, 1.82) is 0 Å². The van der Waals surface area contributed by atoms with Crippen LogP contribution in [0.15, 0.2) is 0 Å². The van der Waals surface area contributed by atoms with Crippen LogP contribution in [-0.2, 0) is 4.79 Å². The highest BCUT2D eigenvalue weighted by atomic mass is 16.4. The number of carboxylic acid groups (broad SMARTS) is 1. The van der Waals surface area contributed by atoms with Gasteiger partial charge in [-0.25, -0.2) is 4.79 Å². The molecule has 0 aromatic heterocycles. The number of urea groups is 1. The summed E-state index contributed by atoms with van der Waals surface area (Å²) < 4.78 is 0. The zero-order valence-corrected chi connectivity index (χ0v) is 11.5. The van der Waals surface area contributed by atoms with E-state index in [1.165, 1.54) is 25.7 Å². The quantitative estimate of drug-likeness (QED) is 0.703. The molecule has 104 valence electrons. The van der Waals surface area contributed by atoms with Crippen LogP contribution in [0.3, 0.4) is 0 Å². The Bertz CT molecular complexity index is 309. The molecule has 1 saturated carbocycles. The second kappa shape index (κ2) is 6.07. The molecule has 0 aromatic carbocycles.